The van der Waals surface area contributed by atoms with Crippen LogP contribution in [0.1, 0.15) is 28.7 Å². The van der Waals surface area contributed by atoms with Gasteiger partial charge in [-0.25, -0.2) is 0 Å². The van der Waals surface area contributed by atoms with Crippen molar-refractivity contribution in [2.45, 2.75) is 12.0 Å². The summed E-state index contributed by atoms with van der Waals surface area (Å²) in [5.41, 5.74) is 4.08. The standard InChI is InChI=1S/C19H21N3O2.2ClH/c1-20-10-11-21-12-18(14-6-8-15(9-7-14)22(23)24)16-4-2-3-5-17(16)19(21)13-20;;/h2-9,18-19H,10-13H2,1H3;2*1H/t18-,19-;;/m0../s1. The van der Waals surface area contributed by atoms with Gasteiger partial charge in [0.25, 0.3) is 5.69 Å². The first-order chi connectivity index (χ1) is 11.6. The van der Waals surface area contributed by atoms with Crippen LogP contribution in [0.4, 0.5) is 5.69 Å². The zero-order valence-corrected chi connectivity index (χ0v) is 16.2. The van der Waals surface area contributed by atoms with Crippen molar-refractivity contribution >= 4 is 30.5 Å². The molecule has 5 nitrogen and oxygen atoms in total. The van der Waals surface area contributed by atoms with Crippen LogP contribution in [0.25, 0.3) is 0 Å². The highest BCUT2D eigenvalue weighted by Crippen LogP contribution is 2.40. The van der Waals surface area contributed by atoms with Crippen LogP contribution in [0.15, 0.2) is 48.5 Å². The Morgan fingerprint density at radius 2 is 1.62 bits per heavy atom. The summed E-state index contributed by atoms with van der Waals surface area (Å²) in [4.78, 5) is 15.5. The van der Waals surface area contributed by atoms with Crippen molar-refractivity contribution in [2.24, 2.45) is 0 Å². The van der Waals surface area contributed by atoms with Gasteiger partial charge in [0.2, 0.25) is 0 Å². The fraction of sp³-hybridized carbons (Fsp3) is 0.368. The zero-order chi connectivity index (χ0) is 16.7. The van der Waals surface area contributed by atoms with E-state index in [-0.39, 0.29) is 41.3 Å². The normalized spacial score (nSPS) is 22.3. The van der Waals surface area contributed by atoms with Gasteiger partial charge in [-0.1, -0.05) is 36.4 Å². The van der Waals surface area contributed by atoms with Crippen LogP contribution >= 0.6 is 24.8 Å². The van der Waals surface area contributed by atoms with Gasteiger partial charge in [0.1, 0.15) is 0 Å². The average Bonchev–Trinajstić information content (AvgIpc) is 2.61. The summed E-state index contributed by atoms with van der Waals surface area (Å²) in [5.74, 6) is 0.279. The summed E-state index contributed by atoms with van der Waals surface area (Å²) in [5, 5.41) is 10.9. The fourth-order valence-electron chi connectivity index (χ4n) is 4.05. The maximum atomic E-state index is 10.9. The molecule has 0 aliphatic carbocycles. The molecule has 0 spiro atoms. The second-order valence-corrected chi connectivity index (χ2v) is 6.80. The Labute approximate surface area is 166 Å². The molecular formula is C19H23Cl2N3O2. The zero-order valence-electron chi connectivity index (χ0n) is 14.6. The third-order valence-electron chi connectivity index (χ3n) is 5.35. The van der Waals surface area contributed by atoms with E-state index in [1.165, 1.54) is 11.1 Å². The topological polar surface area (TPSA) is 49.6 Å². The number of non-ortho nitro benzene ring substituents is 1. The molecule has 2 heterocycles. The first kappa shape index (κ1) is 20.6. The lowest BCUT2D eigenvalue weighted by molar-refractivity contribution is -0.384. The van der Waals surface area contributed by atoms with E-state index in [1.807, 2.05) is 12.1 Å². The van der Waals surface area contributed by atoms with Gasteiger partial charge in [0, 0.05) is 50.3 Å². The van der Waals surface area contributed by atoms with Crippen LogP contribution in [-0.4, -0.2) is 47.9 Å². The second-order valence-electron chi connectivity index (χ2n) is 6.80. The molecule has 0 saturated carbocycles. The molecule has 4 rings (SSSR count). The molecule has 1 saturated heterocycles. The molecule has 2 atom stereocenters. The summed E-state index contributed by atoms with van der Waals surface area (Å²) < 4.78 is 0. The van der Waals surface area contributed by atoms with Gasteiger partial charge in [0.15, 0.2) is 0 Å². The third kappa shape index (κ3) is 3.71. The van der Waals surface area contributed by atoms with E-state index in [0.717, 1.165) is 31.7 Å². The highest BCUT2D eigenvalue weighted by atomic mass is 35.5. The van der Waals surface area contributed by atoms with E-state index in [0.29, 0.717) is 6.04 Å². The van der Waals surface area contributed by atoms with Crippen molar-refractivity contribution in [3.8, 4) is 0 Å². The summed E-state index contributed by atoms with van der Waals surface area (Å²) in [7, 11) is 2.18. The summed E-state index contributed by atoms with van der Waals surface area (Å²) in [6.45, 7) is 4.20. The number of benzene rings is 2. The van der Waals surface area contributed by atoms with E-state index in [2.05, 4.69) is 41.1 Å². The number of nitro groups is 1. The molecule has 2 aromatic carbocycles. The number of piperazine rings is 1. The molecule has 140 valence electrons. The predicted octanol–water partition coefficient (Wildman–Crippen LogP) is 3.87. The Kier molecular flexibility index (Phi) is 6.64. The number of fused-ring (bicyclic) bond motifs is 3. The number of likely N-dealkylation sites (N-methyl/N-ethyl adjacent to an activating group) is 1. The van der Waals surface area contributed by atoms with Crippen molar-refractivity contribution in [3.63, 3.8) is 0 Å². The number of nitro benzene ring substituents is 1. The number of hydrogen-bond donors (Lipinski definition) is 0. The Bertz CT molecular complexity index is 770. The molecule has 2 aliphatic rings. The monoisotopic (exact) mass is 395 g/mol. The smallest absolute Gasteiger partial charge is 0.269 e. The molecule has 26 heavy (non-hydrogen) atoms. The number of hydrogen-bond acceptors (Lipinski definition) is 4. The maximum Gasteiger partial charge on any atom is 0.269 e. The van der Waals surface area contributed by atoms with Crippen LogP contribution in [-0.2, 0) is 0 Å². The summed E-state index contributed by atoms with van der Waals surface area (Å²) in [6.07, 6.45) is 0. The summed E-state index contributed by atoms with van der Waals surface area (Å²) >= 11 is 0. The minimum absolute atomic E-state index is 0. The van der Waals surface area contributed by atoms with E-state index < -0.39 is 0 Å². The van der Waals surface area contributed by atoms with E-state index in [9.17, 15) is 10.1 Å². The minimum Gasteiger partial charge on any atom is -0.303 e. The molecule has 1 fully saturated rings. The molecule has 0 unspecified atom stereocenters. The highest BCUT2D eigenvalue weighted by Gasteiger charge is 2.36. The lowest BCUT2D eigenvalue weighted by Gasteiger charge is -2.46. The van der Waals surface area contributed by atoms with E-state index >= 15 is 0 Å². The lowest BCUT2D eigenvalue weighted by atomic mass is 9.80. The maximum absolute atomic E-state index is 10.9. The third-order valence-corrected chi connectivity index (χ3v) is 5.35. The molecule has 0 N–H and O–H groups in total. The Morgan fingerprint density at radius 1 is 0.962 bits per heavy atom. The lowest BCUT2D eigenvalue weighted by Crippen LogP contribution is -2.50. The number of nitrogens with zero attached hydrogens (tertiary/aromatic N) is 3. The SMILES string of the molecule is CN1CCN2C[C@@H](c3ccc([N+](=O)[O-])cc3)c3ccccc3[C@@H]2C1.Cl.Cl. The predicted molar refractivity (Wildman–Crippen MR) is 108 cm³/mol. The van der Waals surface area contributed by atoms with E-state index in [1.54, 1.807) is 12.1 Å². The van der Waals surface area contributed by atoms with Crippen LogP contribution in [0, 0.1) is 10.1 Å². The van der Waals surface area contributed by atoms with Crippen LogP contribution < -0.4 is 0 Å². The van der Waals surface area contributed by atoms with Gasteiger partial charge in [-0.2, -0.15) is 0 Å². The number of rotatable bonds is 2. The molecule has 2 aliphatic heterocycles. The van der Waals surface area contributed by atoms with Crippen LogP contribution in [0.5, 0.6) is 0 Å². The second kappa shape index (κ2) is 8.35. The first-order valence-corrected chi connectivity index (χ1v) is 8.39. The summed E-state index contributed by atoms with van der Waals surface area (Å²) in [6, 6.07) is 16.2. The molecule has 0 bridgehead atoms. The molecule has 0 amide bonds. The highest BCUT2D eigenvalue weighted by molar-refractivity contribution is 5.85. The van der Waals surface area contributed by atoms with Gasteiger partial charge in [0.05, 0.1) is 4.92 Å². The average molecular weight is 396 g/mol. The van der Waals surface area contributed by atoms with Crippen molar-refractivity contribution < 1.29 is 4.92 Å². The Morgan fingerprint density at radius 3 is 2.27 bits per heavy atom. The van der Waals surface area contributed by atoms with Crippen LogP contribution in [0.3, 0.4) is 0 Å². The van der Waals surface area contributed by atoms with Crippen molar-refractivity contribution in [3.05, 3.63) is 75.3 Å². The van der Waals surface area contributed by atoms with Crippen LogP contribution in [0.2, 0.25) is 0 Å². The van der Waals surface area contributed by atoms with Crippen molar-refractivity contribution in [1.82, 2.24) is 9.80 Å². The molecule has 2 aromatic rings. The molecule has 0 aromatic heterocycles. The van der Waals surface area contributed by atoms with E-state index in [4.69, 9.17) is 0 Å². The van der Waals surface area contributed by atoms with Gasteiger partial charge in [-0.15, -0.1) is 24.8 Å². The van der Waals surface area contributed by atoms with Gasteiger partial charge >= 0.3 is 0 Å². The fourth-order valence-corrected chi connectivity index (χ4v) is 4.05. The molecule has 7 heteroatoms. The Hall–Kier alpha value is -1.66. The largest absolute Gasteiger partial charge is 0.303 e. The minimum atomic E-state index is -0.338. The van der Waals surface area contributed by atoms with Gasteiger partial charge in [-0.05, 0) is 23.7 Å². The molecular weight excluding hydrogens is 373 g/mol. The Balaban J connectivity index is 0.00000121. The van der Waals surface area contributed by atoms with Crippen molar-refractivity contribution in [1.29, 1.82) is 0 Å². The molecule has 0 radical (unpaired) electrons. The number of halogens is 2. The van der Waals surface area contributed by atoms with Gasteiger partial charge < -0.3 is 4.90 Å². The first-order valence-electron chi connectivity index (χ1n) is 8.39. The quantitative estimate of drug-likeness (QED) is 0.571. The van der Waals surface area contributed by atoms with Crippen molar-refractivity contribution in [2.75, 3.05) is 33.2 Å². The van der Waals surface area contributed by atoms with Gasteiger partial charge in [-0.3, -0.25) is 15.0 Å².